The highest BCUT2D eigenvalue weighted by atomic mass is 16.3. The molecule has 4 N–H and O–H groups in total. The van der Waals surface area contributed by atoms with Gasteiger partial charge in [0.05, 0.1) is 18.7 Å². The van der Waals surface area contributed by atoms with Gasteiger partial charge in [-0.05, 0) is 17.7 Å². The molecule has 20 heavy (non-hydrogen) atoms. The first-order valence-electron chi connectivity index (χ1n) is 6.27. The Morgan fingerprint density at radius 2 is 2.35 bits per heavy atom. The minimum Gasteiger partial charge on any atom is -0.508 e. The maximum atomic E-state index is 11.6. The van der Waals surface area contributed by atoms with E-state index in [1.807, 2.05) is 0 Å². The predicted octanol–water partition coefficient (Wildman–Crippen LogP) is -0.680. The summed E-state index contributed by atoms with van der Waals surface area (Å²) in [6.07, 6.45) is 1.45. The number of hydrogen-bond donors (Lipinski definition) is 4. The zero-order chi connectivity index (χ0) is 14.4. The first kappa shape index (κ1) is 14.0. The Balaban J connectivity index is 1.81. The molecule has 1 saturated heterocycles. The number of nitrogens with one attached hydrogen (secondary N) is 3. The second-order valence-electron chi connectivity index (χ2n) is 4.39. The Morgan fingerprint density at radius 1 is 1.50 bits per heavy atom. The second-order valence-corrected chi connectivity index (χ2v) is 4.39. The van der Waals surface area contributed by atoms with Gasteiger partial charge in [0.15, 0.2) is 0 Å². The smallest absolute Gasteiger partial charge is 0.242 e. The summed E-state index contributed by atoms with van der Waals surface area (Å²) in [5.41, 5.74) is 3.01. The van der Waals surface area contributed by atoms with Gasteiger partial charge >= 0.3 is 0 Å². The highest BCUT2D eigenvalue weighted by Gasteiger charge is 2.23. The van der Waals surface area contributed by atoms with Gasteiger partial charge in [0.2, 0.25) is 11.8 Å². The van der Waals surface area contributed by atoms with Crippen molar-refractivity contribution in [3.05, 3.63) is 29.8 Å². The number of carbonyl (C=O) groups is 2. The van der Waals surface area contributed by atoms with E-state index in [0.717, 1.165) is 0 Å². The van der Waals surface area contributed by atoms with Gasteiger partial charge in [0.1, 0.15) is 5.75 Å². The lowest BCUT2D eigenvalue weighted by Gasteiger charge is -2.22. The molecule has 0 bridgehead atoms. The highest BCUT2D eigenvalue weighted by molar-refractivity contribution is 5.89. The van der Waals surface area contributed by atoms with Crippen molar-refractivity contribution in [2.24, 2.45) is 5.10 Å². The average Bonchev–Trinajstić information content (AvgIpc) is 2.41. The number of carbonyl (C=O) groups excluding carboxylic acids is 2. The SMILES string of the molecule is O=C(C[C@H]1NCCNC1=O)N/N=C\c1cccc(O)c1. The van der Waals surface area contributed by atoms with Crippen LogP contribution in [0.3, 0.4) is 0 Å². The van der Waals surface area contributed by atoms with Crippen LogP contribution < -0.4 is 16.1 Å². The Hall–Kier alpha value is -2.41. The Bertz CT molecular complexity index is 530. The quantitative estimate of drug-likeness (QED) is 0.432. The number of rotatable bonds is 4. The van der Waals surface area contributed by atoms with Crippen LogP contribution in [0.5, 0.6) is 5.75 Å². The largest absolute Gasteiger partial charge is 0.508 e. The number of nitrogens with zero attached hydrogens (tertiary/aromatic N) is 1. The fourth-order valence-corrected chi connectivity index (χ4v) is 1.83. The molecule has 0 spiro atoms. The number of amides is 2. The molecule has 0 unspecified atom stereocenters. The molecule has 7 heteroatoms. The summed E-state index contributed by atoms with van der Waals surface area (Å²) >= 11 is 0. The van der Waals surface area contributed by atoms with Gasteiger partial charge in [-0.1, -0.05) is 12.1 Å². The van der Waals surface area contributed by atoms with Crippen molar-refractivity contribution in [3.8, 4) is 5.75 Å². The van der Waals surface area contributed by atoms with Crippen LogP contribution in [0.15, 0.2) is 29.4 Å². The number of hydrazone groups is 1. The predicted molar refractivity (Wildman–Crippen MR) is 73.3 cm³/mol. The van der Waals surface area contributed by atoms with Gasteiger partial charge in [-0.15, -0.1) is 0 Å². The lowest BCUT2D eigenvalue weighted by Crippen LogP contribution is -2.54. The minimum atomic E-state index is -0.514. The van der Waals surface area contributed by atoms with E-state index >= 15 is 0 Å². The first-order valence-corrected chi connectivity index (χ1v) is 6.27. The normalized spacial score (nSPS) is 18.8. The van der Waals surface area contributed by atoms with Crippen LogP contribution in [0.25, 0.3) is 0 Å². The number of phenolic OH excluding ortho intramolecular Hbond substituents is 1. The molecule has 1 aromatic rings. The first-order chi connectivity index (χ1) is 9.65. The lowest BCUT2D eigenvalue weighted by molar-refractivity contribution is -0.129. The fourth-order valence-electron chi connectivity index (χ4n) is 1.83. The number of benzene rings is 1. The van der Waals surface area contributed by atoms with E-state index in [1.54, 1.807) is 18.2 Å². The average molecular weight is 276 g/mol. The maximum Gasteiger partial charge on any atom is 0.242 e. The monoisotopic (exact) mass is 276 g/mol. The lowest BCUT2D eigenvalue weighted by atomic mass is 10.1. The fraction of sp³-hybridized carbons (Fsp3) is 0.308. The number of hydrogen-bond acceptors (Lipinski definition) is 5. The summed E-state index contributed by atoms with van der Waals surface area (Å²) in [5, 5.41) is 18.7. The van der Waals surface area contributed by atoms with Crippen molar-refractivity contribution in [1.82, 2.24) is 16.1 Å². The van der Waals surface area contributed by atoms with Gasteiger partial charge in [-0.25, -0.2) is 5.43 Å². The molecule has 1 fully saturated rings. The molecule has 1 aliphatic heterocycles. The summed E-state index contributed by atoms with van der Waals surface area (Å²) < 4.78 is 0. The topological polar surface area (TPSA) is 103 Å². The van der Waals surface area contributed by atoms with E-state index in [0.29, 0.717) is 18.7 Å². The van der Waals surface area contributed by atoms with E-state index in [1.165, 1.54) is 12.3 Å². The van der Waals surface area contributed by atoms with Crippen LogP contribution in [0.1, 0.15) is 12.0 Å². The number of aromatic hydroxyl groups is 1. The molecular formula is C13H16N4O3. The van der Waals surface area contributed by atoms with Gasteiger partial charge < -0.3 is 15.7 Å². The van der Waals surface area contributed by atoms with Gasteiger partial charge in [-0.3, -0.25) is 9.59 Å². The van der Waals surface area contributed by atoms with Crippen molar-refractivity contribution >= 4 is 18.0 Å². The van der Waals surface area contributed by atoms with E-state index in [4.69, 9.17) is 0 Å². The third-order valence-electron chi connectivity index (χ3n) is 2.79. The van der Waals surface area contributed by atoms with Gasteiger partial charge in [-0.2, -0.15) is 5.10 Å². The van der Waals surface area contributed by atoms with Crippen molar-refractivity contribution < 1.29 is 14.7 Å². The summed E-state index contributed by atoms with van der Waals surface area (Å²) in [6.45, 7) is 1.23. The molecule has 0 aliphatic carbocycles. The van der Waals surface area contributed by atoms with Crippen LogP contribution >= 0.6 is 0 Å². The summed E-state index contributed by atoms with van der Waals surface area (Å²) in [4.78, 5) is 23.1. The Morgan fingerprint density at radius 3 is 3.10 bits per heavy atom. The second kappa shape index (κ2) is 6.67. The van der Waals surface area contributed by atoms with E-state index < -0.39 is 6.04 Å². The van der Waals surface area contributed by atoms with Crippen molar-refractivity contribution in [2.45, 2.75) is 12.5 Å². The van der Waals surface area contributed by atoms with Crippen molar-refractivity contribution in [1.29, 1.82) is 0 Å². The Kier molecular flexibility index (Phi) is 4.67. The van der Waals surface area contributed by atoms with Crippen LogP contribution in [-0.4, -0.2) is 42.3 Å². The molecule has 0 radical (unpaired) electrons. The maximum absolute atomic E-state index is 11.6. The Labute approximate surface area is 116 Å². The molecule has 0 aromatic heterocycles. The van der Waals surface area contributed by atoms with Crippen LogP contribution in [0, 0.1) is 0 Å². The van der Waals surface area contributed by atoms with Crippen LogP contribution in [0.4, 0.5) is 0 Å². The van der Waals surface area contributed by atoms with Crippen molar-refractivity contribution in [3.63, 3.8) is 0 Å². The zero-order valence-electron chi connectivity index (χ0n) is 10.8. The molecule has 1 heterocycles. The molecule has 2 rings (SSSR count). The standard InChI is InChI=1S/C13H16N4O3/c18-10-3-1-2-9(6-10)8-16-17-12(19)7-11-13(20)15-5-4-14-11/h1-3,6,8,11,14,18H,4-5,7H2,(H,15,20)(H,17,19)/b16-8-/t11-/m1/s1. The molecule has 0 saturated carbocycles. The number of piperazine rings is 1. The summed E-state index contributed by atoms with van der Waals surface area (Å²) in [7, 11) is 0. The molecule has 1 atom stereocenters. The molecular weight excluding hydrogens is 260 g/mol. The summed E-state index contributed by atoms with van der Waals surface area (Å²) in [5.74, 6) is -0.400. The van der Waals surface area contributed by atoms with Crippen LogP contribution in [0.2, 0.25) is 0 Å². The van der Waals surface area contributed by atoms with E-state index in [-0.39, 0.29) is 24.0 Å². The summed E-state index contributed by atoms with van der Waals surface area (Å²) in [6, 6.07) is 5.97. The van der Waals surface area contributed by atoms with E-state index in [2.05, 4.69) is 21.2 Å². The molecule has 2 amide bonds. The molecule has 1 aliphatic rings. The van der Waals surface area contributed by atoms with Crippen molar-refractivity contribution in [2.75, 3.05) is 13.1 Å². The number of phenols is 1. The van der Waals surface area contributed by atoms with Crippen LogP contribution in [-0.2, 0) is 9.59 Å². The van der Waals surface area contributed by atoms with Gasteiger partial charge in [0.25, 0.3) is 0 Å². The third kappa shape index (κ3) is 4.06. The van der Waals surface area contributed by atoms with E-state index in [9.17, 15) is 14.7 Å². The van der Waals surface area contributed by atoms with Gasteiger partial charge in [0, 0.05) is 13.1 Å². The molecule has 1 aromatic carbocycles. The minimum absolute atomic E-state index is 0.0310. The molecule has 106 valence electrons. The zero-order valence-corrected chi connectivity index (χ0v) is 10.8. The highest BCUT2D eigenvalue weighted by Crippen LogP contribution is 2.08. The third-order valence-corrected chi connectivity index (χ3v) is 2.79. The molecule has 7 nitrogen and oxygen atoms in total.